The minimum absolute atomic E-state index is 1.25. The summed E-state index contributed by atoms with van der Waals surface area (Å²) in [4.78, 5) is 0. The summed E-state index contributed by atoms with van der Waals surface area (Å²) in [6.07, 6.45) is 0. The molecule has 2 aromatic heterocycles. The highest BCUT2D eigenvalue weighted by molar-refractivity contribution is 7.28. The predicted molar refractivity (Wildman–Crippen MR) is 221 cm³/mol. The van der Waals surface area contributed by atoms with E-state index in [4.69, 9.17) is 0 Å². The van der Waals surface area contributed by atoms with Gasteiger partial charge in [-0.1, -0.05) is 140 Å². The molecular weight excluding hydrogens is 641 g/mol. The van der Waals surface area contributed by atoms with Crippen LogP contribution in [0.15, 0.2) is 170 Å². The molecule has 9 aromatic carbocycles. The maximum atomic E-state index is 2.45. The molecule has 50 heavy (non-hydrogen) atoms. The molecule has 2 heterocycles. The van der Waals surface area contributed by atoms with E-state index >= 15 is 0 Å². The van der Waals surface area contributed by atoms with Crippen LogP contribution in [-0.2, 0) is 0 Å². The quantitative estimate of drug-likeness (QED) is 0.164. The third-order valence-electron chi connectivity index (χ3n) is 10.5. The van der Waals surface area contributed by atoms with Gasteiger partial charge in [-0.2, -0.15) is 0 Å². The number of benzene rings is 9. The first-order chi connectivity index (χ1) is 24.8. The molecule has 11 aromatic rings. The van der Waals surface area contributed by atoms with Crippen molar-refractivity contribution >= 4 is 95.3 Å². The van der Waals surface area contributed by atoms with Crippen molar-refractivity contribution < 1.29 is 0 Å². The third kappa shape index (κ3) is 4.04. The molecule has 0 saturated carbocycles. The van der Waals surface area contributed by atoms with E-state index < -0.39 is 0 Å². The predicted octanol–water partition coefficient (Wildman–Crippen LogP) is 14.9. The summed E-state index contributed by atoms with van der Waals surface area (Å²) < 4.78 is 5.40. The second-order valence-corrected chi connectivity index (χ2v) is 15.3. The van der Waals surface area contributed by atoms with Gasteiger partial charge < -0.3 is 0 Å². The number of fused-ring (bicyclic) bond motifs is 10. The molecule has 2 heteroatoms. The van der Waals surface area contributed by atoms with Crippen LogP contribution in [0.4, 0.5) is 0 Å². The molecule has 0 radical (unpaired) electrons. The minimum Gasteiger partial charge on any atom is -0.135 e. The van der Waals surface area contributed by atoms with Gasteiger partial charge in [0.2, 0.25) is 0 Å². The van der Waals surface area contributed by atoms with Crippen molar-refractivity contribution in [3.05, 3.63) is 170 Å². The van der Waals surface area contributed by atoms with Gasteiger partial charge in [-0.25, -0.2) is 0 Å². The van der Waals surface area contributed by atoms with Crippen LogP contribution in [0, 0.1) is 0 Å². The van der Waals surface area contributed by atoms with E-state index in [1.54, 1.807) is 0 Å². The molecule has 0 aliphatic carbocycles. The molecule has 232 valence electrons. The van der Waals surface area contributed by atoms with Gasteiger partial charge >= 0.3 is 0 Å². The van der Waals surface area contributed by atoms with Gasteiger partial charge in [-0.3, -0.25) is 0 Å². The lowest BCUT2D eigenvalue weighted by Gasteiger charge is -2.19. The van der Waals surface area contributed by atoms with Crippen molar-refractivity contribution in [1.29, 1.82) is 0 Å². The Morgan fingerprint density at radius 2 is 0.720 bits per heavy atom. The topological polar surface area (TPSA) is 0 Å². The summed E-state index contributed by atoms with van der Waals surface area (Å²) in [5.41, 5.74) is 7.63. The van der Waals surface area contributed by atoms with Crippen LogP contribution >= 0.6 is 22.7 Å². The van der Waals surface area contributed by atoms with Gasteiger partial charge in [0, 0.05) is 40.3 Å². The Labute approximate surface area is 297 Å². The molecule has 0 unspecified atom stereocenters. The maximum Gasteiger partial charge on any atom is 0.0362 e. The number of rotatable bonds is 3. The van der Waals surface area contributed by atoms with Gasteiger partial charge in [-0.05, 0) is 96.0 Å². The Balaban J connectivity index is 1.18. The molecule has 0 bridgehead atoms. The molecule has 0 N–H and O–H groups in total. The highest BCUT2D eigenvalue weighted by Crippen LogP contribution is 2.48. The second kappa shape index (κ2) is 10.9. The number of hydrogen-bond donors (Lipinski definition) is 0. The van der Waals surface area contributed by atoms with Gasteiger partial charge in [0.1, 0.15) is 0 Å². The van der Waals surface area contributed by atoms with Crippen molar-refractivity contribution in [1.82, 2.24) is 0 Å². The lowest BCUT2D eigenvalue weighted by molar-refractivity contribution is 1.66. The lowest BCUT2D eigenvalue weighted by Crippen LogP contribution is -1.92. The Morgan fingerprint density at radius 3 is 1.38 bits per heavy atom. The average Bonchev–Trinajstić information content (AvgIpc) is 3.75. The maximum absolute atomic E-state index is 2.45. The molecule has 0 aliphatic rings. The summed E-state index contributed by atoms with van der Waals surface area (Å²) >= 11 is 3.80. The van der Waals surface area contributed by atoms with E-state index in [-0.39, 0.29) is 0 Å². The van der Waals surface area contributed by atoms with E-state index in [1.807, 2.05) is 22.7 Å². The van der Waals surface area contributed by atoms with Gasteiger partial charge in [0.15, 0.2) is 0 Å². The normalized spacial score (nSPS) is 12.0. The van der Waals surface area contributed by atoms with Crippen molar-refractivity contribution in [2.75, 3.05) is 0 Å². The molecule has 0 atom stereocenters. The zero-order valence-corrected chi connectivity index (χ0v) is 28.6. The summed E-state index contributed by atoms with van der Waals surface area (Å²) in [5.74, 6) is 0. The zero-order valence-electron chi connectivity index (χ0n) is 27.0. The first kappa shape index (κ1) is 28.1. The summed E-state index contributed by atoms with van der Waals surface area (Å²) in [5, 5.41) is 13.1. The van der Waals surface area contributed by atoms with E-state index in [0.717, 1.165) is 0 Å². The Hall–Kier alpha value is -5.80. The molecule has 0 fully saturated rings. The fourth-order valence-electron chi connectivity index (χ4n) is 8.35. The van der Waals surface area contributed by atoms with Crippen molar-refractivity contribution in [3.8, 4) is 33.4 Å². The molecule has 0 aliphatic heterocycles. The van der Waals surface area contributed by atoms with Gasteiger partial charge in [0.25, 0.3) is 0 Å². The highest BCUT2D eigenvalue weighted by atomic mass is 32.1. The SMILES string of the molecule is c1ccc(-c2c3ccccc3c(-c3ccc(-c4ccc5sc6ccc7sc8ccccc8c7c6c5c4)c4ccccc34)c3ccccc23)cc1. The fraction of sp³-hybridized carbons (Fsp3) is 0. The molecule has 0 saturated heterocycles. The van der Waals surface area contributed by atoms with Crippen LogP contribution in [0.1, 0.15) is 0 Å². The van der Waals surface area contributed by atoms with Crippen molar-refractivity contribution in [2.24, 2.45) is 0 Å². The molecular formula is C48H28S2. The van der Waals surface area contributed by atoms with E-state index in [1.165, 1.54) is 106 Å². The van der Waals surface area contributed by atoms with Crippen molar-refractivity contribution in [2.45, 2.75) is 0 Å². The van der Waals surface area contributed by atoms with Crippen LogP contribution in [-0.4, -0.2) is 0 Å². The summed E-state index contributed by atoms with van der Waals surface area (Å²) in [6.45, 7) is 0. The number of hydrogen-bond acceptors (Lipinski definition) is 2. The fourth-order valence-corrected chi connectivity index (χ4v) is 10.6. The zero-order chi connectivity index (χ0) is 32.8. The standard InChI is InChI=1S/C48H28S2/c1-2-12-29(13-3-1)45-34-16-6-8-18-36(34)46(37-19-9-7-17-35(37)45)38-24-23-31(32-14-4-5-15-33(32)38)30-22-25-42-40(28-30)48-44(50-42)27-26-43-47(48)39-20-10-11-21-41(39)49-43/h1-28H. The molecule has 11 rings (SSSR count). The van der Waals surface area contributed by atoms with Crippen LogP contribution in [0.3, 0.4) is 0 Å². The smallest absolute Gasteiger partial charge is 0.0362 e. The van der Waals surface area contributed by atoms with Gasteiger partial charge in [0.05, 0.1) is 0 Å². The molecule has 0 amide bonds. The third-order valence-corrected chi connectivity index (χ3v) is 12.7. The minimum atomic E-state index is 1.25. The highest BCUT2D eigenvalue weighted by Gasteiger charge is 2.20. The van der Waals surface area contributed by atoms with E-state index in [0.29, 0.717) is 0 Å². The Kier molecular flexibility index (Phi) is 6.09. The van der Waals surface area contributed by atoms with Crippen LogP contribution < -0.4 is 0 Å². The molecule has 0 nitrogen and oxygen atoms in total. The van der Waals surface area contributed by atoms with Crippen LogP contribution in [0.2, 0.25) is 0 Å². The summed E-state index contributed by atoms with van der Waals surface area (Å²) in [6, 6.07) is 63.0. The largest absolute Gasteiger partial charge is 0.135 e. The first-order valence-corrected chi connectivity index (χ1v) is 18.7. The van der Waals surface area contributed by atoms with Gasteiger partial charge in [-0.15, -0.1) is 22.7 Å². The summed E-state index contributed by atoms with van der Waals surface area (Å²) in [7, 11) is 0. The van der Waals surface area contributed by atoms with Crippen LogP contribution in [0.25, 0.3) is 106 Å². The van der Waals surface area contributed by atoms with Crippen LogP contribution in [0.5, 0.6) is 0 Å². The number of thiophene rings is 2. The average molecular weight is 669 g/mol. The van der Waals surface area contributed by atoms with E-state index in [2.05, 4.69) is 170 Å². The second-order valence-electron chi connectivity index (χ2n) is 13.1. The van der Waals surface area contributed by atoms with E-state index in [9.17, 15) is 0 Å². The molecule has 0 spiro atoms. The first-order valence-electron chi connectivity index (χ1n) is 17.1. The Bertz CT molecular complexity index is 3080. The van der Waals surface area contributed by atoms with Crippen molar-refractivity contribution in [3.63, 3.8) is 0 Å². The lowest BCUT2D eigenvalue weighted by atomic mass is 9.84. The Morgan fingerprint density at radius 1 is 0.260 bits per heavy atom. The monoisotopic (exact) mass is 668 g/mol.